The van der Waals surface area contributed by atoms with E-state index in [1.165, 1.54) is 29.8 Å². The summed E-state index contributed by atoms with van der Waals surface area (Å²) in [6.45, 7) is 0.326. The summed E-state index contributed by atoms with van der Waals surface area (Å²) in [5.74, 6) is 1.52. The highest BCUT2D eigenvalue weighted by molar-refractivity contribution is 7.92. The van der Waals surface area contributed by atoms with Crippen LogP contribution in [0.4, 0.5) is 5.69 Å². The van der Waals surface area contributed by atoms with Gasteiger partial charge in [0.15, 0.2) is 0 Å². The smallest absolute Gasteiger partial charge is 0.232 e. The van der Waals surface area contributed by atoms with Crippen molar-refractivity contribution in [3.05, 3.63) is 30.3 Å². The molecule has 2 aliphatic carbocycles. The predicted octanol–water partition coefficient (Wildman–Crippen LogP) is 2.54. The minimum atomic E-state index is -3.34. The summed E-state index contributed by atoms with van der Waals surface area (Å²) in [7, 11) is -3.34. The summed E-state index contributed by atoms with van der Waals surface area (Å²) in [5.41, 5.74) is 0.647. The van der Waals surface area contributed by atoms with Gasteiger partial charge in [-0.25, -0.2) is 8.42 Å². The van der Waals surface area contributed by atoms with Crippen molar-refractivity contribution in [1.29, 1.82) is 0 Å². The van der Waals surface area contributed by atoms with E-state index in [0.717, 1.165) is 12.3 Å². The molecule has 1 aromatic rings. The standard InChI is InChI=1S/C18H26N2O3S/c1-24(22,23)20(16-6-3-2-4-7-16)11-5-8-18(21)19-17-13-14-9-10-15(17)12-14/h2-4,6-7,14-15,17H,5,8-13H2,1H3,(H,19,21)/t14-,15-,17-/m0/s1. The van der Waals surface area contributed by atoms with Crippen molar-refractivity contribution < 1.29 is 13.2 Å². The molecule has 0 saturated heterocycles. The number of hydrogen-bond acceptors (Lipinski definition) is 3. The molecule has 132 valence electrons. The second-order valence-electron chi connectivity index (χ2n) is 7.12. The molecule has 3 rings (SSSR count). The zero-order valence-corrected chi connectivity index (χ0v) is 15.0. The van der Waals surface area contributed by atoms with E-state index in [9.17, 15) is 13.2 Å². The number of carbonyl (C=O) groups excluding carboxylic acids is 1. The Morgan fingerprint density at radius 3 is 2.54 bits per heavy atom. The number of anilines is 1. The largest absolute Gasteiger partial charge is 0.353 e. The van der Waals surface area contributed by atoms with Crippen LogP contribution in [0.5, 0.6) is 0 Å². The van der Waals surface area contributed by atoms with E-state index in [1.54, 1.807) is 12.1 Å². The summed E-state index contributed by atoms with van der Waals surface area (Å²) >= 11 is 0. The highest BCUT2D eigenvalue weighted by Gasteiger charge is 2.39. The fourth-order valence-corrected chi connectivity index (χ4v) is 5.13. The predicted molar refractivity (Wildman–Crippen MR) is 95.2 cm³/mol. The molecule has 0 radical (unpaired) electrons. The lowest BCUT2D eigenvalue weighted by Gasteiger charge is -2.24. The number of nitrogens with one attached hydrogen (secondary N) is 1. The number of amides is 1. The highest BCUT2D eigenvalue weighted by atomic mass is 32.2. The van der Waals surface area contributed by atoms with Crippen LogP contribution < -0.4 is 9.62 Å². The Balaban J connectivity index is 1.49. The number of para-hydroxylation sites is 1. The topological polar surface area (TPSA) is 66.5 Å². The van der Waals surface area contributed by atoms with Gasteiger partial charge in [0.25, 0.3) is 0 Å². The van der Waals surface area contributed by atoms with E-state index in [4.69, 9.17) is 0 Å². The molecule has 24 heavy (non-hydrogen) atoms. The number of fused-ring (bicyclic) bond motifs is 2. The second-order valence-corrected chi connectivity index (χ2v) is 9.03. The van der Waals surface area contributed by atoms with Crippen molar-refractivity contribution in [3.63, 3.8) is 0 Å². The highest BCUT2D eigenvalue weighted by Crippen LogP contribution is 2.44. The molecule has 1 N–H and O–H groups in total. The molecule has 0 heterocycles. The molecule has 0 unspecified atom stereocenters. The molecule has 2 fully saturated rings. The van der Waals surface area contributed by atoms with Crippen LogP contribution >= 0.6 is 0 Å². The molecule has 0 aliphatic heterocycles. The van der Waals surface area contributed by atoms with Crippen LogP contribution in [0, 0.1) is 11.8 Å². The van der Waals surface area contributed by atoms with Gasteiger partial charge in [0.05, 0.1) is 11.9 Å². The fraction of sp³-hybridized carbons (Fsp3) is 0.611. The molecular weight excluding hydrogens is 324 g/mol. The molecule has 2 saturated carbocycles. The van der Waals surface area contributed by atoms with Crippen molar-refractivity contribution in [3.8, 4) is 0 Å². The first-order valence-corrected chi connectivity index (χ1v) is 10.6. The Bertz CT molecular complexity index is 675. The monoisotopic (exact) mass is 350 g/mol. The molecule has 2 aliphatic rings. The Morgan fingerprint density at radius 1 is 1.21 bits per heavy atom. The summed E-state index contributed by atoms with van der Waals surface area (Å²) < 4.78 is 25.4. The quantitative estimate of drug-likeness (QED) is 0.822. The normalized spacial score (nSPS) is 25.6. The van der Waals surface area contributed by atoms with Gasteiger partial charge in [0.2, 0.25) is 15.9 Å². The molecular formula is C18H26N2O3S. The molecule has 0 spiro atoms. The third kappa shape index (κ3) is 4.09. The maximum Gasteiger partial charge on any atom is 0.232 e. The molecule has 1 aromatic carbocycles. The van der Waals surface area contributed by atoms with E-state index in [1.807, 2.05) is 18.2 Å². The maximum absolute atomic E-state index is 12.2. The molecule has 5 nitrogen and oxygen atoms in total. The van der Waals surface area contributed by atoms with Crippen LogP contribution in [-0.4, -0.2) is 33.2 Å². The summed E-state index contributed by atoms with van der Waals surface area (Å²) in [5, 5.41) is 3.16. The van der Waals surface area contributed by atoms with Crippen LogP contribution in [0.15, 0.2) is 30.3 Å². The zero-order chi connectivity index (χ0) is 17.2. The first-order chi connectivity index (χ1) is 11.4. The average Bonchev–Trinajstić information content (AvgIpc) is 3.14. The van der Waals surface area contributed by atoms with Gasteiger partial charge in [0, 0.05) is 19.0 Å². The van der Waals surface area contributed by atoms with Crippen LogP contribution in [0.25, 0.3) is 0 Å². The molecule has 2 bridgehead atoms. The van der Waals surface area contributed by atoms with E-state index >= 15 is 0 Å². The van der Waals surface area contributed by atoms with Crippen LogP contribution in [0.2, 0.25) is 0 Å². The van der Waals surface area contributed by atoms with Gasteiger partial charge in [-0.1, -0.05) is 24.6 Å². The lowest BCUT2D eigenvalue weighted by molar-refractivity contribution is -0.122. The molecule has 1 amide bonds. The van der Waals surface area contributed by atoms with Gasteiger partial charge in [0.1, 0.15) is 0 Å². The van der Waals surface area contributed by atoms with Gasteiger partial charge in [-0.3, -0.25) is 9.10 Å². The van der Waals surface area contributed by atoms with E-state index < -0.39 is 10.0 Å². The zero-order valence-electron chi connectivity index (χ0n) is 14.1. The van der Waals surface area contributed by atoms with Crippen LogP contribution in [-0.2, 0) is 14.8 Å². The summed E-state index contributed by atoms with van der Waals surface area (Å²) in [6.07, 6.45) is 7.04. The number of sulfonamides is 1. The van der Waals surface area contributed by atoms with Crippen molar-refractivity contribution in [1.82, 2.24) is 5.32 Å². The minimum Gasteiger partial charge on any atom is -0.353 e. The van der Waals surface area contributed by atoms with E-state index in [-0.39, 0.29) is 5.91 Å². The minimum absolute atomic E-state index is 0.0501. The fourth-order valence-electron chi connectivity index (χ4n) is 4.16. The third-order valence-corrected chi connectivity index (χ3v) is 6.49. The lowest BCUT2D eigenvalue weighted by Crippen LogP contribution is -2.39. The van der Waals surface area contributed by atoms with Gasteiger partial charge < -0.3 is 5.32 Å². The first-order valence-electron chi connectivity index (χ1n) is 8.75. The second kappa shape index (κ2) is 7.13. The van der Waals surface area contributed by atoms with E-state index in [2.05, 4.69) is 5.32 Å². The molecule has 6 heteroatoms. The maximum atomic E-state index is 12.2. The van der Waals surface area contributed by atoms with Gasteiger partial charge in [-0.15, -0.1) is 0 Å². The lowest BCUT2D eigenvalue weighted by atomic mass is 9.95. The van der Waals surface area contributed by atoms with Gasteiger partial charge >= 0.3 is 0 Å². The Morgan fingerprint density at radius 2 is 1.96 bits per heavy atom. The number of hydrogen-bond donors (Lipinski definition) is 1. The SMILES string of the molecule is CS(=O)(=O)N(CCCC(=O)N[C@H]1C[C@H]2CC[C@H]1C2)c1ccccc1. The number of rotatable bonds is 7. The van der Waals surface area contributed by atoms with Crippen molar-refractivity contribution >= 4 is 21.6 Å². The first kappa shape index (κ1) is 17.3. The number of carbonyl (C=O) groups is 1. The van der Waals surface area contributed by atoms with Gasteiger partial charge in [-0.2, -0.15) is 0 Å². The Kier molecular flexibility index (Phi) is 5.13. The molecule has 3 atom stereocenters. The summed E-state index contributed by atoms with van der Waals surface area (Å²) in [4.78, 5) is 12.2. The van der Waals surface area contributed by atoms with Crippen molar-refractivity contribution in [2.24, 2.45) is 11.8 Å². The number of benzene rings is 1. The van der Waals surface area contributed by atoms with Crippen LogP contribution in [0.1, 0.15) is 38.5 Å². The Hall–Kier alpha value is -1.56. The Labute approximate surface area is 144 Å². The van der Waals surface area contributed by atoms with Crippen molar-refractivity contribution in [2.75, 3.05) is 17.1 Å². The van der Waals surface area contributed by atoms with E-state index in [0.29, 0.717) is 37.0 Å². The van der Waals surface area contributed by atoms with Gasteiger partial charge in [-0.05, 0) is 49.7 Å². The summed E-state index contributed by atoms with van der Waals surface area (Å²) in [6, 6.07) is 9.38. The van der Waals surface area contributed by atoms with Crippen LogP contribution in [0.3, 0.4) is 0 Å². The third-order valence-electron chi connectivity index (χ3n) is 5.29. The molecule has 0 aromatic heterocycles. The number of nitrogens with zero attached hydrogens (tertiary/aromatic N) is 1. The average molecular weight is 350 g/mol. The van der Waals surface area contributed by atoms with Crippen molar-refractivity contribution in [2.45, 2.75) is 44.6 Å².